The zero-order valence-electron chi connectivity index (χ0n) is 12.3. The van der Waals surface area contributed by atoms with E-state index in [9.17, 15) is 0 Å². The van der Waals surface area contributed by atoms with Crippen molar-refractivity contribution >= 4 is 0 Å². The Hall–Kier alpha value is 0. The first-order chi connectivity index (χ1) is 6.98. The molecule has 0 N–H and O–H groups in total. The third-order valence-electron chi connectivity index (χ3n) is 3.09. The Bertz CT molecular complexity index is 111. The van der Waals surface area contributed by atoms with E-state index in [-0.39, 0.29) is 7.43 Å². The molecule has 0 saturated heterocycles. The van der Waals surface area contributed by atoms with E-state index in [0.717, 1.165) is 5.92 Å². The Balaban J connectivity index is -0.000000529. The molecule has 0 heteroatoms. The van der Waals surface area contributed by atoms with Crippen LogP contribution in [0.3, 0.4) is 0 Å². The second kappa shape index (κ2) is 13.1. The van der Waals surface area contributed by atoms with Gasteiger partial charge in [-0.15, -0.1) is 0 Å². The lowest BCUT2D eigenvalue weighted by Gasteiger charge is -2.22. The van der Waals surface area contributed by atoms with Crippen molar-refractivity contribution in [1.82, 2.24) is 0 Å². The lowest BCUT2D eigenvalue weighted by molar-refractivity contribution is 0.306. The van der Waals surface area contributed by atoms with Crippen LogP contribution in [0.2, 0.25) is 0 Å². The molecule has 0 aliphatic heterocycles. The van der Waals surface area contributed by atoms with E-state index in [1.807, 2.05) is 13.8 Å². The molecule has 0 bridgehead atoms. The lowest BCUT2D eigenvalue weighted by atomic mass is 9.84. The highest BCUT2D eigenvalue weighted by Crippen LogP contribution is 2.27. The first kappa shape index (κ1) is 21.3. The molecule has 0 fully saturated rings. The molecule has 0 rings (SSSR count). The van der Waals surface area contributed by atoms with Crippen LogP contribution < -0.4 is 0 Å². The molecule has 102 valence electrons. The van der Waals surface area contributed by atoms with E-state index in [1.54, 1.807) is 0 Å². The molecule has 0 aromatic carbocycles. The summed E-state index contributed by atoms with van der Waals surface area (Å²) in [6, 6.07) is 0. The second-order valence-corrected chi connectivity index (χ2v) is 5.51. The smallest absolute Gasteiger partial charge is 0.0357 e. The van der Waals surface area contributed by atoms with Crippen molar-refractivity contribution in [2.45, 2.75) is 94.4 Å². The molecule has 0 atom stereocenters. The Morgan fingerprint density at radius 3 is 1.81 bits per heavy atom. The molecule has 0 aromatic heterocycles. The third kappa shape index (κ3) is 16.4. The van der Waals surface area contributed by atoms with E-state index in [2.05, 4.69) is 34.6 Å². The number of hydrogen-bond acceptors (Lipinski definition) is 0. The molecule has 0 aromatic rings. The van der Waals surface area contributed by atoms with Gasteiger partial charge in [-0.1, -0.05) is 88.0 Å². The molecule has 0 spiro atoms. The van der Waals surface area contributed by atoms with Crippen molar-refractivity contribution in [2.24, 2.45) is 11.3 Å². The molecule has 16 heavy (non-hydrogen) atoms. The summed E-state index contributed by atoms with van der Waals surface area (Å²) in [7, 11) is 0. The predicted octanol–water partition coefficient (Wildman–Crippen LogP) is 6.69. The third-order valence-corrected chi connectivity index (χ3v) is 3.09. The van der Waals surface area contributed by atoms with Crippen molar-refractivity contribution in [3.05, 3.63) is 0 Å². The summed E-state index contributed by atoms with van der Waals surface area (Å²) >= 11 is 0. The average molecular weight is 230 g/mol. The maximum absolute atomic E-state index is 2.38. The van der Waals surface area contributed by atoms with Crippen LogP contribution >= 0.6 is 0 Å². The zero-order valence-corrected chi connectivity index (χ0v) is 12.3. The Morgan fingerprint density at radius 2 is 1.44 bits per heavy atom. The quantitative estimate of drug-likeness (QED) is 0.427. The van der Waals surface area contributed by atoms with Crippen molar-refractivity contribution < 1.29 is 0 Å². The maximum atomic E-state index is 2.38. The largest absolute Gasteiger partial charge is 0.0776 e. The van der Waals surface area contributed by atoms with Crippen LogP contribution in [-0.4, -0.2) is 0 Å². The summed E-state index contributed by atoms with van der Waals surface area (Å²) in [6.07, 6.45) is 8.41. The monoisotopic (exact) mass is 230 g/mol. The minimum atomic E-state index is 0. The van der Waals surface area contributed by atoms with E-state index >= 15 is 0 Å². The predicted molar refractivity (Wildman–Crippen MR) is 80.1 cm³/mol. The highest BCUT2D eigenvalue weighted by Gasteiger charge is 2.13. The molecule has 0 unspecified atom stereocenters. The van der Waals surface area contributed by atoms with Crippen molar-refractivity contribution in [3.63, 3.8) is 0 Å². The first-order valence-electron chi connectivity index (χ1n) is 6.98. The van der Waals surface area contributed by atoms with Crippen LogP contribution in [0.25, 0.3) is 0 Å². The topological polar surface area (TPSA) is 0 Å². The highest BCUT2D eigenvalue weighted by molar-refractivity contribution is 4.65. The Kier molecular flexibility index (Phi) is 17.4. The fourth-order valence-electron chi connectivity index (χ4n) is 1.51. The minimum Gasteiger partial charge on any atom is -0.0776 e. The van der Waals surface area contributed by atoms with Gasteiger partial charge in [-0.3, -0.25) is 0 Å². The van der Waals surface area contributed by atoms with Gasteiger partial charge in [0, 0.05) is 0 Å². The number of unbranched alkanes of at least 4 members (excludes halogenated alkanes) is 2. The average Bonchev–Trinajstić information content (AvgIpc) is 2.20. The molecule has 0 amide bonds. The number of hydrogen-bond donors (Lipinski definition) is 0. The van der Waals surface area contributed by atoms with Crippen LogP contribution in [-0.2, 0) is 0 Å². The van der Waals surface area contributed by atoms with Crippen molar-refractivity contribution in [2.75, 3.05) is 0 Å². The summed E-state index contributed by atoms with van der Waals surface area (Å²) in [6.45, 7) is 15.7. The normalized spacial score (nSPS) is 10.5. The molecular weight excluding hydrogens is 192 g/mol. The second-order valence-electron chi connectivity index (χ2n) is 5.51. The minimum absolute atomic E-state index is 0. The summed E-state index contributed by atoms with van der Waals surface area (Å²) in [4.78, 5) is 0. The Labute approximate surface area is 106 Å². The van der Waals surface area contributed by atoms with Crippen LogP contribution in [0.15, 0.2) is 0 Å². The molecule has 0 heterocycles. The van der Waals surface area contributed by atoms with Crippen LogP contribution in [0.4, 0.5) is 0 Å². The van der Waals surface area contributed by atoms with Crippen molar-refractivity contribution in [1.29, 1.82) is 0 Å². The van der Waals surface area contributed by atoms with E-state index in [0.29, 0.717) is 5.41 Å². The summed E-state index contributed by atoms with van der Waals surface area (Å²) in [5.74, 6) is 0.888. The lowest BCUT2D eigenvalue weighted by Crippen LogP contribution is -2.08. The van der Waals surface area contributed by atoms with Crippen LogP contribution in [0, 0.1) is 11.3 Å². The maximum Gasteiger partial charge on any atom is -0.0357 e. The zero-order chi connectivity index (χ0) is 12.3. The first-order valence-corrected chi connectivity index (χ1v) is 6.98. The van der Waals surface area contributed by atoms with E-state index < -0.39 is 0 Å². The molecule has 0 radical (unpaired) electrons. The molecule has 0 aliphatic carbocycles. The van der Waals surface area contributed by atoms with Gasteiger partial charge in [-0.2, -0.15) is 0 Å². The van der Waals surface area contributed by atoms with Gasteiger partial charge < -0.3 is 0 Å². The van der Waals surface area contributed by atoms with Crippen LogP contribution in [0.1, 0.15) is 94.4 Å². The summed E-state index contributed by atoms with van der Waals surface area (Å²) in [5.41, 5.74) is 0.581. The molecule has 0 saturated carbocycles. The van der Waals surface area contributed by atoms with Gasteiger partial charge in [0.15, 0.2) is 0 Å². The van der Waals surface area contributed by atoms with Gasteiger partial charge in [0.2, 0.25) is 0 Å². The fourth-order valence-corrected chi connectivity index (χ4v) is 1.51. The fraction of sp³-hybridized carbons (Fsp3) is 1.00. The SMILES string of the molecule is C.CC.CCC(C)(C)CCCCCC(C)C. The Morgan fingerprint density at radius 1 is 0.938 bits per heavy atom. The van der Waals surface area contributed by atoms with Crippen LogP contribution in [0.5, 0.6) is 0 Å². The number of rotatable bonds is 7. The molecule has 0 aliphatic rings. The van der Waals surface area contributed by atoms with Gasteiger partial charge in [-0.25, -0.2) is 0 Å². The van der Waals surface area contributed by atoms with Gasteiger partial charge in [0.05, 0.1) is 0 Å². The summed E-state index contributed by atoms with van der Waals surface area (Å²) in [5, 5.41) is 0. The van der Waals surface area contributed by atoms with Crippen molar-refractivity contribution in [3.8, 4) is 0 Å². The van der Waals surface area contributed by atoms with Gasteiger partial charge in [0.25, 0.3) is 0 Å². The van der Waals surface area contributed by atoms with E-state index in [4.69, 9.17) is 0 Å². The van der Waals surface area contributed by atoms with Gasteiger partial charge >= 0.3 is 0 Å². The van der Waals surface area contributed by atoms with Gasteiger partial charge in [-0.05, 0) is 17.8 Å². The van der Waals surface area contributed by atoms with E-state index in [1.165, 1.54) is 38.5 Å². The van der Waals surface area contributed by atoms with Gasteiger partial charge in [0.1, 0.15) is 0 Å². The molecular formula is C16H38. The molecule has 0 nitrogen and oxygen atoms in total. The summed E-state index contributed by atoms with van der Waals surface area (Å²) < 4.78 is 0. The highest BCUT2D eigenvalue weighted by atomic mass is 14.2. The standard InChI is InChI=1S/C13H28.C2H6.CH4/c1-6-13(4,5)11-9-7-8-10-12(2)3;1-2;/h12H,6-11H2,1-5H3;1-2H3;1H4.